The van der Waals surface area contributed by atoms with E-state index in [9.17, 15) is 5.11 Å². The van der Waals surface area contributed by atoms with E-state index in [0.29, 0.717) is 22.8 Å². The first-order chi connectivity index (χ1) is 8.22. The van der Waals surface area contributed by atoms with E-state index in [2.05, 4.69) is 6.58 Å². The maximum atomic E-state index is 9.19. The van der Waals surface area contributed by atoms with Gasteiger partial charge in [-0.3, -0.25) is 0 Å². The Hall–Kier alpha value is -1.72. The molecule has 92 valence electrons. The van der Waals surface area contributed by atoms with E-state index < -0.39 is 6.04 Å². The van der Waals surface area contributed by atoms with Gasteiger partial charge >= 0.3 is 0 Å². The summed E-state index contributed by atoms with van der Waals surface area (Å²) in [5.74, 6) is 1.62. The van der Waals surface area contributed by atoms with E-state index in [1.165, 1.54) is 7.11 Å². The summed E-state index contributed by atoms with van der Waals surface area (Å²) in [6.45, 7) is 3.69. The normalized spacial score (nSPS) is 14.5. The fourth-order valence-electron chi connectivity index (χ4n) is 1.89. The van der Waals surface area contributed by atoms with Crippen molar-refractivity contribution in [2.24, 2.45) is 5.73 Å². The summed E-state index contributed by atoms with van der Waals surface area (Å²) in [5, 5.41) is 9.19. The summed E-state index contributed by atoms with van der Waals surface area (Å²) >= 11 is 0. The standard InChI is InChI=1S/C12H15NO4/c1-3-7-4-9-11(17-6-16-9)12(15-2)10(7)8(13)5-14/h3-4,8,14H,1,5-6,13H2,2H3/t8-/m0/s1. The molecule has 0 amide bonds. The number of rotatable bonds is 4. The van der Waals surface area contributed by atoms with Crippen molar-refractivity contribution >= 4 is 6.08 Å². The molecule has 0 saturated carbocycles. The van der Waals surface area contributed by atoms with Crippen molar-refractivity contribution in [3.05, 3.63) is 23.8 Å². The molecule has 1 aromatic rings. The molecule has 0 spiro atoms. The van der Waals surface area contributed by atoms with Crippen LogP contribution in [0.5, 0.6) is 17.2 Å². The SMILES string of the molecule is C=Cc1cc2c(c(OC)c1[C@@H](N)CO)OCO2. The Labute approximate surface area is 99.4 Å². The van der Waals surface area contributed by atoms with E-state index >= 15 is 0 Å². The smallest absolute Gasteiger partial charge is 0.231 e. The van der Waals surface area contributed by atoms with Gasteiger partial charge in [0.1, 0.15) is 0 Å². The Balaban J connectivity index is 2.65. The van der Waals surface area contributed by atoms with Crippen LogP contribution in [0.1, 0.15) is 17.2 Å². The fraction of sp³-hybridized carbons (Fsp3) is 0.333. The Morgan fingerprint density at radius 1 is 1.65 bits per heavy atom. The number of nitrogens with two attached hydrogens (primary N) is 1. The van der Waals surface area contributed by atoms with Gasteiger partial charge in [-0.25, -0.2) is 0 Å². The van der Waals surface area contributed by atoms with Gasteiger partial charge in [-0.2, -0.15) is 0 Å². The Morgan fingerprint density at radius 3 is 3.00 bits per heavy atom. The van der Waals surface area contributed by atoms with Gasteiger partial charge in [-0.15, -0.1) is 0 Å². The Kier molecular flexibility index (Phi) is 3.21. The third-order valence-corrected chi connectivity index (χ3v) is 2.68. The molecule has 0 unspecified atom stereocenters. The Morgan fingerprint density at radius 2 is 2.41 bits per heavy atom. The first-order valence-electron chi connectivity index (χ1n) is 5.22. The lowest BCUT2D eigenvalue weighted by molar-refractivity contribution is 0.171. The minimum atomic E-state index is -0.549. The molecule has 1 aromatic carbocycles. The topological polar surface area (TPSA) is 73.9 Å². The number of aliphatic hydroxyl groups excluding tert-OH is 1. The molecule has 1 aliphatic rings. The monoisotopic (exact) mass is 237 g/mol. The first kappa shape index (κ1) is 11.8. The third-order valence-electron chi connectivity index (χ3n) is 2.68. The molecule has 0 aliphatic carbocycles. The van der Waals surface area contributed by atoms with Crippen molar-refractivity contribution in [1.82, 2.24) is 0 Å². The van der Waals surface area contributed by atoms with E-state index in [0.717, 1.165) is 5.56 Å². The molecule has 0 fully saturated rings. The van der Waals surface area contributed by atoms with Gasteiger partial charge in [-0.1, -0.05) is 12.7 Å². The number of benzene rings is 1. The van der Waals surface area contributed by atoms with Gasteiger partial charge in [-0.05, 0) is 11.6 Å². The molecule has 0 radical (unpaired) electrons. The molecular formula is C12H15NO4. The van der Waals surface area contributed by atoms with Crippen LogP contribution >= 0.6 is 0 Å². The maximum Gasteiger partial charge on any atom is 0.231 e. The average Bonchev–Trinajstić information content (AvgIpc) is 2.83. The van der Waals surface area contributed by atoms with Gasteiger partial charge in [0, 0.05) is 5.56 Å². The molecular weight excluding hydrogens is 222 g/mol. The summed E-state index contributed by atoms with van der Waals surface area (Å²) in [7, 11) is 1.53. The molecule has 0 saturated heterocycles. The molecule has 1 heterocycles. The summed E-state index contributed by atoms with van der Waals surface area (Å²) in [6.07, 6.45) is 1.65. The highest BCUT2D eigenvalue weighted by molar-refractivity contribution is 5.68. The maximum absolute atomic E-state index is 9.19. The average molecular weight is 237 g/mol. The predicted octanol–water partition coefficient (Wildman–Crippen LogP) is 1.06. The second kappa shape index (κ2) is 4.65. The van der Waals surface area contributed by atoms with Crippen LogP contribution in [0.15, 0.2) is 12.6 Å². The van der Waals surface area contributed by atoms with Crippen LogP contribution < -0.4 is 19.9 Å². The van der Waals surface area contributed by atoms with Crippen LogP contribution in [0.2, 0.25) is 0 Å². The molecule has 1 aliphatic heterocycles. The van der Waals surface area contributed by atoms with Crippen molar-refractivity contribution in [3.8, 4) is 17.2 Å². The summed E-state index contributed by atoms with van der Waals surface area (Å²) < 4.78 is 15.9. The number of fused-ring (bicyclic) bond motifs is 1. The Bertz CT molecular complexity index is 445. The van der Waals surface area contributed by atoms with Crippen LogP contribution in [-0.4, -0.2) is 25.6 Å². The molecule has 0 aromatic heterocycles. The minimum Gasteiger partial charge on any atom is -0.492 e. The number of hydrogen-bond donors (Lipinski definition) is 2. The van der Waals surface area contributed by atoms with Crippen LogP contribution in [-0.2, 0) is 0 Å². The highest BCUT2D eigenvalue weighted by Gasteiger charge is 2.26. The van der Waals surface area contributed by atoms with Gasteiger partial charge in [0.2, 0.25) is 12.5 Å². The van der Waals surface area contributed by atoms with Crippen molar-refractivity contribution in [1.29, 1.82) is 0 Å². The largest absolute Gasteiger partial charge is 0.492 e. The molecule has 1 atom stereocenters. The zero-order valence-corrected chi connectivity index (χ0v) is 9.60. The number of aliphatic hydroxyl groups is 1. The lowest BCUT2D eigenvalue weighted by atomic mass is 9.98. The second-order valence-electron chi connectivity index (χ2n) is 3.64. The molecule has 3 N–H and O–H groups in total. The second-order valence-corrected chi connectivity index (χ2v) is 3.64. The molecule has 17 heavy (non-hydrogen) atoms. The fourth-order valence-corrected chi connectivity index (χ4v) is 1.89. The number of methoxy groups -OCH3 is 1. The zero-order chi connectivity index (χ0) is 12.4. The van der Waals surface area contributed by atoms with Crippen LogP contribution in [0, 0.1) is 0 Å². The summed E-state index contributed by atoms with van der Waals surface area (Å²) in [5.41, 5.74) is 7.31. The lowest BCUT2D eigenvalue weighted by Gasteiger charge is -2.18. The first-order valence-corrected chi connectivity index (χ1v) is 5.22. The molecule has 0 bridgehead atoms. The summed E-state index contributed by atoms with van der Waals surface area (Å²) in [4.78, 5) is 0. The third kappa shape index (κ3) is 1.83. The zero-order valence-electron chi connectivity index (χ0n) is 9.60. The highest BCUT2D eigenvalue weighted by Crippen LogP contribution is 2.46. The quantitative estimate of drug-likeness (QED) is 0.819. The van der Waals surface area contributed by atoms with E-state index in [1.54, 1.807) is 12.1 Å². The van der Waals surface area contributed by atoms with E-state index in [-0.39, 0.29) is 13.4 Å². The minimum absolute atomic E-state index is 0.153. The van der Waals surface area contributed by atoms with Gasteiger partial charge in [0.05, 0.1) is 19.8 Å². The van der Waals surface area contributed by atoms with Crippen molar-refractivity contribution < 1.29 is 19.3 Å². The molecule has 5 nitrogen and oxygen atoms in total. The summed E-state index contributed by atoms with van der Waals surface area (Å²) in [6, 6.07) is 1.23. The van der Waals surface area contributed by atoms with Crippen molar-refractivity contribution in [2.45, 2.75) is 6.04 Å². The van der Waals surface area contributed by atoms with Crippen molar-refractivity contribution in [2.75, 3.05) is 20.5 Å². The van der Waals surface area contributed by atoms with E-state index in [1.807, 2.05) is 0 Å². The number of hydrogen-bond acceptors (Lipinski definition) is 5. The van der Waals surface area contributed by atoms with Gasteiger partial charge < -0.3 is 25.1 Å². The van der Waals surface area contributed by atoms with Gasteiger partial charge in [0.15, 0.2) is 11.5 Å². The number of ether oxygens (including phenoxy) is 3. The highest BCUT2D eigenvalue weighted by atomic mass is 16.7. The van der Waals surface area contributed by atoms with Crippen LogP contribution in [0.3, 0.4) is 0 Å². The van der Waals surface area contributed by atoms with Crippen LogP contribution in [0.4, 0.5) is 0 Å². The predicted molar refractivity (Wildman–Crippen MR) is 63.2 cm³/mol. The van der Waals surface area contributed by atoms with Crippen molar-refractivity contribution in [3.63, 3.8) is 0 Å². The lowest BCUT2D eigenvalue weighted by Crippen LogP contribution is -2.17. The van der Waals surface area contributed by atoms with E-state index in [4.69, 9.17) is 19.9 Å². The molecule has 2 rings (SSSR count). The van der Waals surface area contributed by atoms with Gasteiger partial charge in [0.25, 0.3) is 0 Å². The molecule has 5 heteroatoms. The van der Waals surface area contributed by atoms with Crippen LogP contribution in [0.25, 0.3) is 6.08 Å².